The maximum atomic E-state index is 13.6. The van der Waals surface area contributed by atoms with E-state index in [2.05, 4.69) is 10.6 Å². The number of hydrogen-bond donors (Lipinski definition) is 2. The van der Waals surface area contributed by atoms with Gasteiger partial charge in [-0.1, -0.05) is 66.6 Å². The predicted octanol–water partition coefficient (Wildman–Crippen LogP) is 4.81. The molecule has 7 nitrogen and oxygen atoms in total. The maximum Gasteiger partial charge on any atom is 0.408 e. The molecule has 0 heterocycles. The zero-order chi connectivity index (χ0) is 26.2. The van der Waals surface area contributed by atoms with E-state index < -0.39 is 17.7 Å². The van der Waals surface area contributed by atoms with Crippen LogP contribution in [0.25, 0.3) is 0 Å². The third-order valence-corrected chi connectivity index (χ3v) is 5.53. The van der Waals surface area contributed by atoms with Crippen LogP contribution >= 0.6 is 0 Å². The Labute approximate surface area is 209 Å². The number of alkyl carbamates (subject to hydrolysis) is 1. The van der Waals surface area contributed by atoms with Gasteiger partial charge in [0.05, 0.1) is 0 Å². The Kier molecular flexibility index (Phi) is 9.87. The van der Waals surface area contributed by atoms with Crippen LogP contribution in [0.15, 0.2) is 48.5 Å². The quantitative estimate of drug-likeness (QED) is 0.538. The van der Waals surface area contributed by atoms with E-state index in [4.69, 9.17) is 4.74 Å². The first-order valence-electron chi connectivity index (χ1n) is 12.1. The Bertz CT molecular complexity index is 994. The molecule has 35 heavy (non-hydrogen) atoms. The summed E-state index contributed by atoms with van der Waals surface area (Å²) < 4.78 is 5.27. The molecule has 0 saturated carbocycles. The van der Waals surface area contributed by atoms with Crippen LogP contribution in [0.1, 0.15) is 69.3 Å². The summed E-state index contributed by atoms with van der Waals surface area (Å²) in [5.74, 6) is -0.631. The van der Waals surface area contributed by atoms with Crippen molar-refractivity contribution in [2.24, 2.45) is 0 Å². The van der Waals surface area contributed by atoms with Gasteiger partial charge in [0.1, 0.15) is 18.2 Å². The van der Waals surface area contributed by atoms with Crippen LogP contribution in [0.5, 0.6) is 0 Å². The summed E-state index contributed by atoms with van der Waals surface area (Å²) in [5, 5.41) is 5.54. The van der Waals surface area contributed by atoms with Gasteiger partial charge in [0.25, 0.3) is 0 Å². The first kappa shape index (κ1) is 27.9. The maximum absolute atomic E-state index is 13.6. The molecule has 0 radical (unpaired) electrons. The van der Waals surface area contributed by atoms with Gasteiger partial charge in [-0.3, -0.25) is 9.59 Å². The van der Waals surface area contributed by atoms with E-state index >= 15 is 0 Å². The van der Waals surface area contributed by atoms with Crippen LogP contribution in [0.3, 0.4) is 0 Å². The van der Waals surface area contributed by atoms with E-state index in [1.807, 2.05) is 76.2 Å². The fourth-order valence-corrected chi connectivity index (χ4v) is 3.88. The Morgan fingerprint density at radius 3 is 2.11 bits per heavy atom. The van der Waals surface area contributed by atoms with Gasteiger partial charge in [-0.15, -0.1) is 0 Å². The third-order valence-electron chi connectivity index (χ3n) is 5.53. The van der Waals surface area contributed by atoms with Crippen molar-refractivity contribution in [3.8, 4) is 0 Å². The Balaban J connectivity index is 2.36. The summed E-state index contributed by atoms with van der Waals surface area (Å²) >= 11 is 0. The fourth-order valence-electron chi connectivity index (χ4n) is 3.88. The number of aryl methyl sites for hydroxylation is 2. The third kappa shape index (κ3) is 8.74. The number of ether oxygens (including phenoxy) is 1. The molecule has 2 N–H and O–H groups in total. The molecule has 190 valence electrons. The van der Waals surface area contributed by atoms with E-state index in [1.165, 1.54) is 0 Å². The van der Waals surface area contributed by atoms with E-state index in [0.29, 0.717) is 13.0 Å². The Morgan fingerprint density at radius 1 is 0.971 bits per heavy atom. The summed E-state index contributed by atoms with van der Waals surface area (Å²) in [7, 11) is 0. The highest BCUT2D eigenvalue weighted by Gasteiger charge is 2.34. The molecule has 2 atom stereocenters. The van der Waals surface area contributed by atoms with E-state index in [-0.39, 0.29) is 24.4 Å². The molecule has 2 aromatic carbocycles. The van der Waals surface area contributed by atoms with E-state index in [9.17, 15) is 14.4 Å². The van der Waals surface area contributed by atoms with Gasteiger partial charge in [0, 0.05) is 12.6 Å². The van der Waals surface area contributed by atoms with Crippen LogP contribution in [-0.4, -0.2) is 41.0 Å². The molecule has 0 aliphatic heterocycles. The molecule has 2 unspecified atom stereocenters. The molecule has 2 rings (SSSR count). The van der Waals surface area contributed by atoms with Crippen molar-refractivity contribution in [2.75, 3.05) is 6.54 Å². The SMILES string of the molecule is CCC(C)N(C(=O)CNC(=O)OC(C)(C)C)C(C(=O)NCc1ccccc1)c1cc(C)cc(C)c1. The number of nitrogens with one attached hydrogen (secondary N) is 2. The van der Waals surface area contributed by atoms with E-state index in [0.717, 1.165) is 22.3 Å². The van der Waals surface area contributed by atoms with E-state index in [1.54, 1.807) is 25.7 Å². The molecule has 0 saturated heterocycles. The molecule has 0 aliphatic rings. The van der Waals surface area contributed by atoms with Crippen LogP contribution in [0.4, 0.5) is 4.79 Å². The monoisotopic (exact) mass is 481 g/mol. The number of carbonyl (C=O) groups excluding carboxylic acids is 3. The lowest BCUT2D eigenvalue weighted by atomic mass is 9.97. The second-order valence-corrected chi connectivity index (χ2v) is 9.94. The minimum Gasteiger partial charge on any atom is -0.444 e. The number of hydrogen-bond acceptors (Lipinski definition) is 4. The highest BCUT2D eigenvalue weighted by Crippen LogP contribution is 2.27. The highest BCUT2D eigenvalue weighted by molar-refractivity contribution is 5.90. The lowest BCUT2D eigenvalue weighted by Gasteiger charge is -2.36. The second kappa shape index (κ2) is 12.4. The van der Waals surface area contributed by atoms with Gasteiger partial charge in [-0.2, -0.15) is 0 Å². The minimum absolute atomic E-state index is 0.240. The van der Waals surface area contributed by atoms with Crippen molar-refractivity contribution in [3.05, 3.63) is 70.8 Å². The zero-order valence-corrected chi connectivity index (χ0v) is 22.0. The molecular formula is C28H39N3O4. The number of benzene rings is 2. The van der Waals surface area contributed by atoms with Gasteiger partial charge >= 0.3 is 6.09 Å². The molecule has 0 aliphatic carbocycles. The summed E-state index contributed by atoms with van der Waals surface area (Å²) in [6, 6.07) is 14.4. The van der Waals surface area contributed by atoms with Crippen molar-refractivity contribution >= 4 is 17.9 Å². The van der Waals surface area contributed by atoms with Crippen LogP contribution in [-0.2, 0) is 20.9 Å². The van der Waals surface area contributed by atoms with Gasteiger partial charge in [0.2, 0.25) is 11.8 Å². The topological polar surface area (TPSA) is 87.7 Å². The smallest absolute Gasteiger partial charge is 0.408 e. The van der Waals surface area contributed by atoms with Crippen LogP contribution in [0, 0.1) is 13.8 Å². The first-order valence-corrected chi connectivity index (χ1v) is 12.1. The second-order valence-electron chi connectivity index (χ2n) is 9.94. The summed E-state index contributed by atoms with van der Waals surface area (Å²) in [6.45, 7) is 13.2. The van der Waals surface area contributed by atoms with Crippen LogP contribution < -0.4 is 10.6 Å². The van der Waals surface area contributed by atoms with Gasteiger partial charge in [-0.05, 0) is 59.1 Å². The number of amides is 3. The summed E-state index contributed by atoms with van der Waals surface area (Å²) in [5.41, 5.74) is 3.03. The van der Waals surface area contributed by atoms with Crippen molar-refractivity contribution in [1.82, 2.24) is 15.5 Å². The number of carbonyl (C=O) groups is 3. The van der Waals surface area contributed by atoms with Gasteiger partial charge in [-0.25, -0.2) is 4.79 Å². The summed E-state index contributed by atoms with van der Waals surface area (Å²) in [6.07, 6.45) is -0.0303. The lowest BCUT2D eigenvalue weighted by molar-refractivity contribution is -0.142. The highest BCUT2D eigenvalue weighted by atomic mass is 16.6. The van der Waals surface area contributed by atoms with Crippen molar-refractivity contribution in [1.29, 1.82) is 0 Å². The van der Waals surface area contributed by atoms with Crippen molar-refractivity contribution in [2.45, 2.75) is 79.1 Å². The molecule has 7 heteroatoms. The average molecular weight is 482 g/mol. The molecule has 2 aromatic rings. The average Bonchev–Trinajstić information content (AvgIpc) is 2.77. The Hall–Kier alpha value is -3.35. The Morgan fingerprint density at radius 2 is 1.57 bits per heavy atom. The van der Waals surface area contributed by atoms with Crippen molar-refractivity contribution in [3.63, 3.8) is 0 Å². The molecule has 0 fully saturated rings. The molecule has 0 spiro atoms. The minimum atomic E-state index is -0.847. The largest absolute Gasteiger partial charge is 0.444 e. The number of nitrogens with zero attached hydrogens (tertiary/aromatic N) is 1. The normalized spacial score (nSPS) is 12.9. The fraction of sp³-hybridized carbons (Fsp3) is 0.464. The molecular weight excluding hydrogens is 442 g/mol. The first-order chi connectivity index (χ1) is 16.4. The zero-order valence-electron chi connectivity index (χ0n) is 22.0. The standard InChI is InChI=1S/C28H39N3O4/c1-8-21(4)31(24(32)18-30-27(34)35-28(5,6)7)25(23-15-19(2)14-20(3)16-23)26(33)29-17-22-12-10-9-11-13-22/h9-16,21,25H,8,17-18H2,1-7H3,(H,29,33)(H,30,34). The molecule has 3 amide bonds. The van der Waals surface area contributed by atoms with Gasteiger partial charge in [0.15, 0.2) is 0 Å². The number of rotatable bonds is 9. The molecule has 0 aromatic heterocycles. The van der Waals surface area contributed by atoms with Crippen LogP contribution in [0.2, 0.25) is 0 Å². The predicted molar refractivity (Wildman–Crippen MR) is 138 cm³/mol. The molecule has 0 bridgehead atoms. The lowest BCUT2D eigenvalue weighted by Crippen LogP contribution is -2.51. The summed E-state index contributed by atoms with van der Waals surface area (Å²) in [4.78, 5) is 40.8. The van der Waals surface area contributed by atoms with Gasteiger partial charge < -0.3 is 20.3 Å². The van der Waals surface area contributed by atoms with Crippen molar-refractivity contribution < 1.29 is 19.1 Å².